The fourth-order valence-electron chi connectivity index (χ4n) is 4.51. The monoisotopic (exact) mass is 537 g/mol. The quantitative estimate of drug-likeness (QED) is 0.462. The Kier molecular flexibility index (Phi) is 6.07. The van der Waals surface area contributed by atoms with Crippen LogP contribution in [0, 0.1) is 28.4 Å². The summed E-state index contributed by atoms with van der Waals surface area (Å²) in [7, 11) is -4.31. The van der Waals surface area contributed by atoms with Crippen molar-refractivity contribution in [1.29, 1.82) is 5.26 Å². The van der Waals surface area contributed by atoms with E-state index >= 15 is 0 Å². The lowest BCUT2D eigenvalue weighted by molar-refractivity contribution is -0.0889. The lowest BCUT2D eigenvalue weighted by Crippen LogP contribution is -2.67. The summed E-state index contributed by atoms with van der Waals surface area (Å²) >= 11 is 0. The highest BCUT2D eigenvalue weighted by atomic mass is 32.2. The number of aromatic nitrogens is 2. The summed E-state index contributed by atoms with van der Waals surface area (Å²) in [5.74, 6) is -4.14. The SMILES string of the molecule is N#Cc1c(NS(=O)(=O)N2CC3(CC[C@H]3F)C2)cc(F)c(F)c1Oc1ccc2ncn(CCF)c(=O)c2c1. The summed E-state index contributed by atoms with van der Waals surface area (Å²) in [6.07, 6.45) is 0.975. The molecule has 14 heteroatoms. The van der Waals surface area contributed by atoms with Crippen LogP contribution in [0.15, 0.2) is 35.4 Å². The molecule has 1 aromatic heterocycles. The number of hydrogen-bond acceptors (Lipinski definition) is 6. The van der Waals surface area contributed by atoms with Crippen molar-refractivity contribution in [3.05, 3.63) is 58.1 Å². The van der Waals surface area contributed by atoms with Gasteiger partial charge in [-0.2, -0.15) is 22.4 Å². The minimum absolute atomic E-state index is 0.00132. The summed E-state index contributed by atoms with van der Waals surface area (Å²) in [5, 5.41) is 9.66. The normalized spacial score (nSPS) is 18.7. The van der Waals surface area contributed by atoms with Gasteiger partial charge in [0, 0.05) is 24.6 Å². The Balaban J connectivity index is 1.47. The van der Waals surface area contributed by atoms with Crippen LogP contribution in [0.25, 0.3) is 10.9 Å². The van der Waals surface area contributed by atoms with Crippen molar-refractivity contribution >= 4 is 26.8 Å². The van der Waals surface area contributed by atoms with E-state index in [0.717, 1.165) is 8.87 Å². The third-order valence-corrected chi connectivity index (χ3v) is 8.17. The first-order valence-electron chi connectivity index (χ1n) is 11.2. The molecule has 1 aliphatic heterocycles. The number of benzene rings is 2. The third kappa shape index (κ3) is 4.17. The van der Waals surface area contributed by atoms with E-state index < -0.39 is 62.7 Å². The molecule has 37 heavy (non-hydrogen) atoms. The number of fused-ring (bicyclic) bond motifs is 1. The van der Waals surface area contributed by atoms with Gasteiger partial charge in [-0.25, -0.2) is 18.2 Å². The van der Waals surface area contributed by atoms with Gasteiger partial charge in [-0.3, -0.25) is 14.1 Å². The minimum atomic E-state index is -4.31. The van der Waals surface area contributed by atoms with Gasteiger partial charge >= 0.3 is 10.2 Å². The molecule has 1 spiro atoms. The lowest BCUT2D eigenvalue weighted by atomic mass is 9.63. The summed E-state index contributed by atoms with van der Waals surface area (Å²) < 4.78 is 90.8. The van der Waals surface area contributed by atoms with Crippen molar-refractivity contribution in [3.8, 4) is 17.6 Å². The standard InChI is InChI=1S/C23H19F4N5O4S/c24-5-6-31-12-29-17-2-1-13(7-14(17)22(31)33)36-21-15(9-28)18(8-16(25)20(21)27)30-37(34,35)32-10-23(11-32)4-3-19(23)26/h1-2,7-8,12,19,30H,3-6,10-11H2/t19-/m1/s1. The molecular weight excluding hydrogens is 518 g/mol. The van der Waals surface area contributed by atoms with Gasteiger partial charge in [0.15, 0.2) is 11.6 Å². The number of anilines is 1. The van der Waals surface area contributed by atoms with Crippen molar-refractivity contribution in [1.82, 2.24) is 13.9 Å². The second-order valence-electron chi connectivity index (χ2n) is 8.99. The zero-order valence-electron chi connectivity index (χ0n) is 19.0. The fraction of sp³-hybridized carbons (Fsp3) is 0.348. The Morgan fingerprint density at radius 2 is 2.03 bits per heavy atom. The van der Waals surface area contributed by atoms with Crippen molar-refractivity contribution in [3.63, 3.8) is 0 Å². The molecular formula is C23H19F4N5O4S. The van der Waals surface area contributed by atoms with Crippen LogP contribution in [-0.2, 0) is 16.8 Å². The highest BCUT2D eigenvalue weighted by Crippen LogP contribution is 2.51. The van der Waals surface area contributed by atoms with Crippen molar-refractivity contribution in [2.24, 2.45) is 5.41 Å². The number of nitriles is 1. The fourth-order valence-corrected chi connectivity index (χ4v) is 5.93. The number of ether oxygens (including phenoxy) is 1. The summed E-state index contributed by atoms with van der Waals surface area (Å²) in [6.45, 7) is -1.18. The number of alkyl halides is 2. The molecule has 1 atom stereocenters. The van der Waals surface area contributed by atoms with Crippen molar-refractivity contribution in [2.45, 2.75) is 25.6 Å². The first-order chi connectivity index (χ1) is 17.6. The van der Waals surface area contributed by atoms with E-state index in [9.17, 15) is 36.0 Å². The Morgan fingerprint density at radius 1 is 1.27 bits per heavy atom. The first kappa shape index (κ1) is 25.0. The van der Waals surface area contributed by atoms with Crippen molar-refractivity contribution < 1.29 is 30.7 Å². The van der Waals surface area contributed by atoms with Crippen LogP contribution in [-0.4, -0.2) is 48.2 Å². The Morgan fingerprint density at radius 3 is 2.65 bits per heavy atom. The summed E-state index contributed by atoms with van der Waals surface area (Å²) in [4.78, 5) is 16.6. The Bertz CT molecular complexity index is 1620. The van der Waals surface area contributed by atoms with Gasteiger partial charge in [0.2, 0.25) is 5.82 Å². The predicted octanol–water partition coefficient (Wildman–Crippen LogP) is 3.40. The average molecular weight is 537 g/mol. The van der Waals surface area contributed by atoms with Gasteiger partial charge < -0.3 is 4.74 Å². The van der Waals surface area contributed by atoms with Crippen LogP contribution in [0.4, 0.5) is 23.2 Å². The van der Waals surface area contributed by atoms with Gasteiger partial charge in [0.1, 0.15) is 30.2 Å². The molecule has 2 aromatic carbocycles. The molecule has 194 valence electrons. The maximum Gasteiger partial charge on any atom is 0.301 e. The second kappa shape index (κ2) is 9.00. The molecule has 5 rings (SSSR count). The summed E-state index contributed by atoms with van der Waals surface area (Å²) in [5.41, 5.74) is -2.31. The van der Waals surface area contributed by atoms with Crippen LogP contribution in [0.1, 0.15) is 18.4 Å². The highest BCUT2D eigenvalue weighted by molar-refractivity contribution is 7.90. The smallest absolute Gasteiger partial charge is 0.301 e. The maximum absolute atomic E-state index is 14.7. The van der Waals surface area contributed by atoms with E-state index in [-0.39, 0.29) is 36.3 Å². The number of nitrogens with one attached hydrogen (secondary N) is 1. The molecule has 2 heterocycles. The molecule has 9 nitrogen and oxygen atoms in total. The number of nitrogens with zero attached hydrogens (tertiary/aromatic N) is 4. The van der Waals surface area contributed by atoms with Crippen LogP contribution in [0.2, 0.25) is 0 Å². The number of hydrogen-bond donors (Lipinski definition) is 1. The van der Waals surface area contributed by atoms with E-state index in [1.54, 1.807) is 6.07 Å². The molecule has 3 aromatic rings. The Hall–Kier alpha value is -3.70. The number of rotatable bonds is 7. The van der Waals surface area contributed by atoms with Crippen molar-refractivity contribution in [2.75, 3.05) is 24.5 Å². The molecule has 0 bridgehead atoms. The number of halogens is 4. The molecule has 0 amide bonds. The third-order valence-electron chi connectivity index (χ3n) is 6.75. The molecule has 2 aliphatic rings. The molecule has 0 unspecified atom stereocenters. The molecule has 1 saturated carbocycles. The van der Waals surface area contributed by atoms with Crippen LogP contribution < -0.4 is 15.0 Å². The van der Waals surface area contributed by atoms with E-state index in [4.69, 9.17) is 4.74 Å². The van der Waals surface area contributed by atoms with Gasteiger partial charge in [-0.1, -0.05) is 0 Å². The second-order valence-corrected chi connectivity index (χ2v) is 10.7. The van der Waals surface area contributed by atoms with Crippen LogP contribution >= 0.6 is 0 Å². The van der Waals surface area contributed by atoms with E-state index in [1.165, 1.54) is 24.5 Å². The topological polar surface area (TPSA) is 117 Å². The number of aryl methyl sites for hydroxylation is 1. The predicted molar refractivity (Wildman–Crippen MR) is 124 cm³/mol. The Labute approximate surface area is 208 Å². The van der Waals surface area contributed by atoms with Gasteiger partial charge in [0.05, 0.1) is 29.5 Å². The zero-order valence-corrected chi connectivity index (χ0v) is 19.9. The maximum atomic E-state index is 14.7. The van der Waals surface area contributed by atoms with Gasteiger partial charge in [0.25, 0.3) is 5.56 Å². The first-order valence-corrected chi connectivity index (χ1v) is 12.6. The largest absolute Gasteiger partial charge is 0.453 e. The molecule has 1 saturated heterocycles. The molecule has 2 fully saturated rings. The summed E-state index contributed by atoms with van der Waals surface area (Å²) in [6, 6.07) is 5.93. The van der Waals surface area contributed by atoms with Crippen LogP contribution in [0.5, 0.6) is 11.5 Å². The van der Waals surface area contributed by atoms with Gasteiger partial charge in [-0.15, -0.1) is 0 Å². The zero-order chi connectivity index (χ0) is 26.5. The van der Waals surface area contributed by atoms with E-state index in [1.807, 2.05) is 0 Å². The molecule has 1 N–H and O–H groups in total. The minimum Gasteiger partial charge on any atom is -0.453 e. The van der Waals surface area contributed by atoms with Crippen LogP contribution in [0.3, 0.4) is 0 Å². The van der Waals surface area contributed by atoms with E-state index in [0.29, 0.717) is 18.9 Å². The van der Waals surface area contributed by atoms with Gasteiger partial charge in [-0.05, 0) is 31.0 Å². The molecule has 1 aliphatic carbocycles. The highest BCUT2D eigenvalue weighted by Gasteiger charge is 2.58. The van der Waals surface area contributed by atoms with E-state index in [2.05, 4.69) is 9.71 Å². The molecule has 0 radical (unpaired) electrons. The average Bonchev–Trinajstić information content (AvgIpc) is 2.82. The lowest BCUT2D eigenvalue weighted by Gasteiger charge is -2.56.